The minimum absolute atomic E-state index is 0.132. The average molecular weight is 326 g/mol. The molecule has 0 aliphatic heterocycles. The van der Waals surface area contributed by atoms with Crippen molar-refractivity contribution in [2.24, 2.45) is 5.73 Å². The summed E-state index contributed by atoms with van der Waals surface area (Å²) >= 11 is 0. The molecule has 1 aromatic heterocycles. The molecule has 0 fully saturated rings. The number of nitrogens with one attached hydrogen (secondary N) is 1. The van der Waals surface area contributed by atoms with Crippen LogP contribution >= 0.6 is 0 Å². The molecule has 2 aromatic rings. The van der Waals surface area contributed by atoms with Gasteiger partial charge in [-0.2, -0.15) is 5.10 Å². The van der Waals surface area contributed by atoms with Crippen LogP contribution in [0.3, 0.4) is 0 Å². The van der Waals surface area contributed by atoms with Gasteiger partial charge in [-0.05, 0) is 57.2 Å². The van der Waals surface area contributed by atoms with E-state index in [1.807, 2.05) is 18.5 Å². The molecule has 1 aromatic carbocycles. The summed E-state index contributed by atoms with van der Waals surface area (Å²) in [5.74, 6) is -0.132. The summed E-state index contributed by atoms with van der Waals surface area (Å²) in [6, 6.07) is 8.40. The molecule has 3 rings (SSSR count). The number of amides is 1. The third kappa shape index (κ3) is 3.08. The first-order valence-electron chi connectivity index (χ1n) is 8.68. The van der Waals surface area contributed by atoms with Crippen molar-refractivity contribution in [3.05, 3.63) is 46.8 Å². The van der Waals surface area contributed by atoms with E-state index in [0.29, 0.717) is 12.2 Å². The van der Waals surface area contributed by atoms with Gasteiger partial charge in [0.05, 0.1) is 5.69 Å². The van der Waals surface area contributed by atoms with Crippen LogP contribution in [0.15, 0.2) is 24.3 Å². The van der Waals surface area contributed by atoms with Gasteiger partial charge in [0.15, 0.2) is 5.69 Å². The van der Waals surface area contributed by atoms with Crippen molar-refractivity contribution in [2.45, 2.75) is 52.0 Å². The van der Waals surface area contributed by atoms with Crippen LogP contribution in [0.25, 0.3) is 5.69 Å². The van der Waals surface area contributed by atoms with E-state index in [9.17, 15) is 4.79 Å². The van der Waals surface area contributed by atoms with E-state index in [2.05, 4.69) is 41.6 Å². The molecule has 0 radical (unpaired) electrons. The van der Waals surface area contributed by atoms with Crippen LogP contribution in [0, 0.1) is 0 Å². The predicted octanol–water partition coefficient (Wildman–Crippen LogP) is 2.39. The Morgan fingerprint density at radius 1 is 1.29 bits per heavy atom. The van der Waals surface area contributed by atoms with E-state index in [0.717, 1.165) is 42.6 Å². The van der Waals surface area contributed by atoms with Crippen LogP contribution < -0.4 is 11.1 Å². The van der Waals surface area contributed by atoms with Crippen molar-refractivity contribution in [1.82, 2.24) is 15.1 Å². The first-order chi connectivity index (χ1) is 11.4. The number of hydrogen-bond donors (Lipinski definition) is 2. The van der Waals surface area contributed by atoms with E-state index < -0.39 is 5.54 Å². The predicted molar refractivity (Wildman–Crippen MR) is 95.6 cm³/mol. The Kier molecular flexibility index (Phi) is 4.45. The molecule has 1 amide bonds. The maximum atomic E-state index is 12.7. The first kappa shape index (κ1) is 16.7. The van der Waals surface area contributed by atoms with Crippen molar-refractivity contribution in [1.29, 1.82) is 0 Å². The lowest BCUT2D eigenvalue weighted by Gasteiger charge is -2.23. The van der Waals surface area contributed by atoms with Crippen LogP contribution in [0.4, 0.5) is 0 Å². The number of aryl methyl sites for hydroxylation is 1. The maximum Gasteiger partial charge on any atom is 0.272 e. The molecule has 5 nitrogen and oxygen atoms in total. The van der Waals surface area contributed by atoms with Gasteiger partial charge in [-0.1, -0.05) is 19.1 Å². The fourth-order valence-corrected chi connectivity index (χ4v) is 3.12. The second-order valence-corrected chi connectivity index (χ2v) is 7.10. The van der Waals surface area contributed by atoms with Crippen molar-refractivity contribution < 1.29 is 4.79 Å². The molecule has 5 heteroatoms. The quantitative estimate of drug-likeness (QED) is 0.886. The van der Waals surface area contributed by atoms with Crippen molar-refractivity contribution in [2.75, 3.05) is 6.54 Å². The van der Waals surface area contributed by atoms with Gasteiger partial charge < -0.3 is 11.1 Å². The highest BCUT2D eigenvalue weighted by Gasteiger charge is 2.29. The van der Waals surface area contributed by atoms with E-state index in [1.165, 1.54) is 5.56 Å². The zero-order valence-corrected chi connectivity index (χ0v) is 14.7. The highest BCUT2D eigenvalue weighted by molar-refractivity contribution is 5.94. The Hall–Kier alpha value is -2.14. The molecular formula is C19H26N4O. The molecule has 24 heavy (non-hydrogen) atoms. The van der Waals surface area contributed by atoms with E-state index in [-0.39, 0.29) is 5.91 Å². The number of benzene rings is 1. The van der Waals surface area contributed by atoms with Gasteiger partial charge in [0.25, 0.3) is 5.91 Å². The fraction of sp³-hybridized carbons (Fsp3) is 0.474. The number of carbonyl (C=O) groups excluding carboxylic acids is 1. The molecule has 0 saturated carbocycles. The summed E-state index contributed by atoms with van der Waals surface area (Å²) in [4.78, 5) is 12.7. The third-order valence-corrected chi connectivity index (χ3v) is 4.70. The maximum absolute atomic E-state index is 12.7. The standard InChI is InChI=1S/C19H26N4O/c1-4-13-8-10-14(11-9-13)23-16-7-5-6-15(16)17(22-23)18(24)21-19(2,3)12-20/h8-11H,4-7,12,20H2,1-3H3,(H,21,24). The monoisotopic (exact) mass is 326 g/mol. The third-order valence-electron chi connectivity index (χ3n) is 4.70. The fourth-order valence-electron chi connectivity index (χ4n) is 3.12. The molecular weight excluding hydrogens is 300 g/mol. The summed E-state index contributed by atoms with van der Waals surface area (Å²) in [6.45, 7) is 6.37. The second-order valence-electron chi connectivity index (χ2n) is 7.10. The molecule has 0 saturated heterocycles. The van der Waals surface area contributed by atoms with Crippen molar-refractivity contribution in [3.8, 4) is 5.69 Å². The van der Waals surface area contributed by atoms with Gasteiger partial charge in [0.1, 0.15) is 0 Å². The van der Waals surface area contributed by atoms with Gasteiger partial charge >= 0.3 is 0 Å². The number of aromatic nitrogens is 2. The Morgan fingerprint density at radius 3 is 2.62 bits per heavy atom. The van der Waals surface area contributed by atoms with Crippen LogP contribution in [0.1, 0.15) is 54.5 Å². The van der Waals surface area contributed by atoms with E-state index in [1.54, 1.807) is 0 Å². The zero-order valence-electron chi connectivity index (χ0n) is 14.7. The van der Waals surface area contributed by atoms with Crippen molar-refractivity contribution in [3.63, 3.8) is 0 Å². The van der Waals surface area contributed by atoms with Gasteiger partial charge in [-0.3, -0.25) is 4.79 Å². The molecule has 1 aliphatic rings. The summed E-state index contributed by atoms with van der Waals surface area (Å²) < 4.78 is 1.94. The first-order valence-corrected chi connectivity index (χ1v) is 8.68. The van der Waals surface area contributed by atoms with Crippen LogP contribution in [0.2, 0.25) is 0 Å². The van der Waals surface area contributed by atoms with Gasteiger partial charge in [0, 0.05) is 23.3 Å². The molecule has 3 N–H and O–H groups in total. The number of hydrogen-bond acceptors (Lipinski definition) is 3. The molecule has 1 heterocycles. The number of nitrogens with two attached hydrogens (primary N) is 1. The lowest BCUT2D eigenvalue weighted by Crippen LogP contribution is -2.49. The topological polar surface area (TPSA) is 72.9 Å². The summed E-state index contributed by atoms with van der Waals surface area (Å²) in [6.07, 6.45) is 3.96. The van der Waals surface area contributed by atoms with Crippen LogP contribution in [0.5, 0.6) is 0 Å². The van der Waals surface area contributed by atoms with E-state index in [4.69, 9.17) is 5.73 Å². The lowest BCUT2D eigenvalue weighted by atomic mass is 10.1. The zero-order chi connectivity index (χ0) is 17.3. The van der Waals surface area contributed by atoms with Crippen LogP contribution in [-0.2, 0) is 19.3 Å². The lowest BCUT2D eigenvalue weighted by molar-refractivity contribution is 0.0909. The molecule has 0 bridgehead atoms. The minimum Gasteiger partial charge on any atom is -0.344 e. The molecule has 1 aliphatic carbocycles. The van der Waals surface area contributed by atoms with Gasteiger partial charge in [-0.15, -0.1) is 0 Å². The second kappa shape index (κ2) is 6.40. The number of fused-ring (bicyclic) bond motifs is 1. The smallest absolute Gasteiger partial charge is 0.272 e. The van der Waals surface area contributed by atoms with Crippen molar-refractivity contribution >= 4 is 5.91 Å². The minimum atomic E-state index is -0.435. The van der Waals surface area contributed by atoms with E-state index >= 15 is 0 Å². The Bertz CT molecular complexity index is 743. The van der Waals surface area contributed by atoms with Crippen LogP contribution in [-0.4, -0.2) is 27.8 Å². The molecule has 0 unspecified atom stereocenters. The normalized spacial score (nSPS) is 13.8. The number of rotatable bonds is 5. The Morgan fingerprint density at radius 2 is 2.00 bits per heavy atom. The van der Waals surface area contributed by atoms with Gasteiger partial charge in [-0.25, -0.2) is 4.68 Å². The number of nitrogens with zero attached hydrogens (tertiary/aromatic N) is 2. The largest absolute Gasteiger partial charge is 0.344 e. The molecule has 0 atom stereocenters. The Labute approximate surface area is 143 Å². The Balaban J connectivity index is 1.96. The molecule has 0 spiro atoms. The highest BCUT2D eigenvalue weighted by atomic mass is 16.2. The number of carbonyl (C=O) groups is 1. The summed E-state index contributed by atoms with van der Waals surface area (Å²) in [5.41, 5.74) is 10.4. The SMILES string of the molecule is CCc1ccc(-n2nc(C(=O)NC(C)(C)CN)c3c2CCC3)cc1. The average Bonchev–Trinajstić information content (AvgIpc) is 3.16. The highest BCUT2D eigenvalue weighted by Crippen LogP contribution is 2.28. The molecule has 128 valence electrons. The van der Waals surface area contributed by atoms with Gasteiger partial charge in [0.2, 0.25) is 0 Å². The summed E-state index contributed by atoms with van der Waals surface area (Å²) in [7, 11) is 0. The summed E-state index contributed by atoms with van der Waals surface area (Å²) in [5, 5.41) is 7.63.